The van der Waals surface area contributed by atoms with Crippen molar-refractivity contribution in [1.82, 2.24) is 0 Å². The van der Waals surface area contributed by atoms with E-state index in [-0.39, 0.29) is 5.82 Å². The highest BCUT2D eigenvalue weighted by Gasteiger charge is 2.24. The minimum Gasteiger partial charge on any atom is -0.207 e. The fourth-order valence-electron chi connectivity index (χ4n) is 5.30. The highest BCUT2D eigenvalue weighted by atomic mass is 19.1. The van der Waals surface area contributed by atoms with Gasteiger partial charge in [0.25, 0.3) is 0 Å². The van der Waals surface area contributed by atoms with E-state index in [1.165, 1.54) is 43.2 Å². The number of hydrogen-bond acceptors (Lipinski definition) is 0. The minimum atomic E-state index is -0.0773. The summed E-state index contributed by atoms with van der Waals surface area (Å²) in [4.78, 5) is 0. The van der Waals surface area contributed by atoms with Gasteiger partial charge in [-0.2, -0.15) is 0 Å². The molecule has 0 amide bonds. The Morgan fingerprint density at radius 3 is 2.16 bits per heavy atom. The third-order valence-corrected chi connectivity index (χ3v) is 7.19. The molecule has 3 aromatic rings. The summed E-state index contributed by atoms with van der Waals surface area (Å²) in [7, 11) is 0. The highest BCUT2D eigenvalue weighted by molar-refractivity contribution is 5.64. The molecule has 0 N–H and O–H groups in total. The lowest BCUT2D eigenvalue weighted by molar-refractivity contribution is 0.297. The summed E-state index contributed by atoms with van der Waals surface area (Å²) in [5.41, 5.74) is 5.82. The number of halogens is 1. The van der Waals surface area contributed by atoms with Crippen LogP contribution in [0, 0.1) is 11.7 Å². The average Bonchev–Trinajstić information content (AvgIpc) is 2.82. The molecule has 1 aliphatic rings. The van der Waals surface area contributed by atoms with E-state index in [4.69, 9.17) is 0 Å². The Balaban J connectivity index is 1.34. The van der Waals surface area contributed by atoms with Crippen molar-refractivity contribution in [1.29, 1.82) is 0 Å². The van der Waals surface area contributed by atoms with Crippen LogP contribution in [0.5, 0.6) is 0 Å². The lowest BCUT2D eigenvalue weighted by Gasteiger charge is -2.30. The molecule has 1 fully saturated rings. The lowest BCUT2D eigenvalue weighted by atomic mass is 9.75. The molecule has 4 rings (SSSR count). The molecule has 0 heterocycles. The van der Waals surface area contributed by atoms with Gasteiger partial charge in [0.05, 0.1) is 0 Å². The van der Waals surface area contributed by atoms with E-state index in [0.717, 1.165) is 35.4 Å². The Labute approximate surface area is 187 Å². The van der Waals surface area contributed by atoms with Gasteiger partial charge in [-0.1, -0.05) is 87.0 Å². The van der Waals surface area contributed by atoms with Gasteiger partial charge in [0, 0.05) is 0 Å². The number of benzene rings is 3. The molecule has 0 radical (unpaired) electrons. The first-order valence-corrected chi connectivity index (χ1v) is 12.1. The average molecular weight is 415 g/mol. The smallest absolute Gasteiger partial charge is 0.127 e. The van der Waals surface area contributed by atoms with Gasteiger partial charge in [-0.05, 0) is 90.2 Å². The molecular formula is C30H35F. The fourth-order valence-corrected chi connectivity index (χ4v) is 5.30. The van der Waals surface area contributed by atoms with Crippen molar-refractivity contribution >= 4 is 0 Å². The summed E-state index contributed by atoms with van der Waals surface area (Å²) in [5, 5.41) is 0. The Morgan fingerprint density at radius 2 is 1.52 bits per heavy atom. The van der Waals surface area contributed by atoms with Crippen molar-refractivity contribution in [2.24, 2.45) is 5.92 Å². The Morgan fingerprint density at radius 1 is 0.839 bits per heavy atom. The molecule has 0 aliphatic heterocycles. The Bertz CT molecular complexity index is 949. The molecule has 0 unspecified atom stereocenters. The predicted octanol–water partition coefficient (Wildman–Crippen LogP) is 8.91. The van der Waals surface area contributed by atoms with Gasteiger partial charge >= 0.3 is 0 Å². The van der Waals surface area contributed by atoms with Gasteiger partial charge in [0.15, 0.2) is 0 Å². The van der Waals surface area contributed by atoms with Crippen LogP contribution in [0.2, 0.25) is 0 Å². The van der Waals surface area contributed by atoms with Gasteiger partial charge in [-0.25, -0.2) is 4.39 Å². The van der Waals surface area contributed by atoms with Gasteiger partial charge in [-0.3, -0.25) is 0 Å². The van der Waals surface area contributed by atoms with E-state index >= 15 is 0 Å². The molecule has 0 saturated heterocycles. The SMILES string of the molecule is CCCc1ccc(-c2ccc(C3CCC(C[C@H](C)c4ccccc4)CC3)cc2)cc1F. The third kappa shape index (κ3) is 5.45. The molecule has 1 heteroatoms. The lowest BCUT2D eigenvalue weighted by Crippen LogP contribution is -2.15. The van der Waals surface area contributed by atoms with Crippen LogP contribution in [0.3, 0.4) is 0 Å². The first-order valence-electron chi connectivity index (χ1n) is 12.1. The number of rotatable bonds is 7. The standard InChI is InChI=1S/C30H35F/c1-3-7-28-18-19-29(21-30(28)31)27-16-14-26(15-17-27)25-12-10-23(11-13-25)20-22(2)24-8-5-4-6-9-24/h4-6,8-9,14-19,21-23,25H,3,7,10-13,20H2,1-2H3/t22-,23?,25?/m0/s1. The van der Waals surface area contributed by atoms with E-state index in [9.17, 15) is 4.39 Å². The number of hydrogen-bond donors (Lipinski definition) is 0. The zero-order valence-corrected chi connectivity index (χ0v) is 19.0. The van der Waals surface area contributed by atoms with Crippen LogP contribution in [-0.2, 0) is 6.42 Å². The molecule has 0 aromatic heterocycles. The van der Waals surface area contributed by atoms with E-state index in [2.05, 4.69) is 74.5 Å². The van der Waals surface area contributed by atoms with E-state index in [1.807, 2.05) is 6.07 Å². The molecule has 1 aliphatic carbocycles. The second kappa shape index (κ2) is 10.3. The summed E-state index contributed by atoms with van der Waals surface area (Å²) < 4.78 is 14.3. The highest BCUT2D eigenvalue weighted by Crippen LogP contribution is 2.40. The maximum absolute atomic E-state index is 14.3. The molecule has 0 nitrogen and oxygen atoms in total. The second-order valence-electron chi connectivity index (χ2n) is 9.44. The van der Waals surface area contributed by atoms with Crippen molar-refractivity contribution in [3.05, 3.63) is 95.3 Å². The molecule has 0 spiro atoms. The molecule has 0 bridgehead atoms. The molecule has 1 atom stereocenters. The Hall–Kier alpha value is -2.41. The van der Waals surface area contributed by atoms with Gasteiger partial charge in [0.1, 0.15) is 5.82 Å². The molecule has 1 saturated carbocycles. The van der Waals surface area contributed by atoms with Crippen LogP contribution in [-0.4, -0.2) is 0 Å². The topological polar surface area (TPSA) is 0 Å². The summed E-state index contributed by atoms with van der Waals surface area (Å²) >= 11 is 0. The van der Waals surface area contributed by atoms with Crippen LogP contribution in [0.15, 0.2) is 72.8 Å². The van der Waals surface area contributed by atoms with Gasteiger partial charge < -0.3 is 0 Å². The predicted molar refractivity (Wildman–Crippen MR) is 130 cm³/mol. The zero-order valence-electron chi connectivity index (χ0n) is 19.0. The van der Waals surface area contributed by atoms with Crippen molar-refractivity contribution in [2.75, 3.05) is 0 Å². The third-order valence-electron chi connectivity index (χ3n) is 7.19. The quantitative estimate of drug-likeness (QED) is 0.362. The molecule has 31 heavy (non-hydrogen) atoms. The van der Waals surface area contributed by atoms with Crippen LogP contribution >= 0.6 is 0 Å². The summed E-state index contributed by atoms with van der Waals surface area (Å²) in [6.45, 7) is 4.46. The van der Waals surface area contributed by atoms with Crippen molar-refractivity contribution < 1.29 is 4.39 Å². The van der Waals surface area contributed by atoms with Crippen molar-refractivity contribution in [2.45, 2.75) is 70.6 Å². The largest absolute Gasteiger partial charge is 0.207 e. The molecule has 162 valence electrons. The first kappa shape index (κ1) is 21.8. The van der Waals surface area contributed by atoms with Crippen molar-refractivity contribution in [3.8, 4) is 11.1 Å². The maximum Gasteiger partial charge on any atom is 0.127 e. The van der Waals surface area contributed by atoms with Gasteiger partial charge in [0.2, 0.25) is 0 Å². The van der Waals surface area contributed by atoms with Crippen LogP contribution in [0.4, 0.5) is 4.39 Å². The van der Waals surface area contributed by atoms with E-state index < -0.39 is 0 Å². The van der Waals surface area contributed by atoms with Crippen LogP contribution in [0.1, 0.15) is 80.9 Å². The zero-order chi connectivity index (χ0) is 21.6. The van der Waals surface area contributed by atoms with Crippen LogP contribution in [0.25, 0.3) is 11.1 Å². The Kier molecular flexibility index (Phi) is 7.22. The van der Waals surface area contributed by atoms with Crippen molar-refractivity contribution in [3.63, 3.8) is 0 Å². The summed E-state index contributed by atoms with van der Waals surface area (Å²) in [6.07, 6.45) is 8.30. The summed E-state index contributed by atoms with van der Waals surface area (Å²) in [5.74, 6) is 2.08. The number of aryl methyl sites for hydroxylation is 1. The van der Waals surface area contributed by atoms with E-state index in [1.54, 1.807) is 6.07 Å². The normalized spacial score (nSPS) is 19.8. The minimum absolute atomic E-state index is 0.0773. The van der Waals surface area contributed by atoms with E-state index in [0.29, 0.717) is 11.8 Å². The van der Waals surface area contributed by atoms with Crippen LogP contribution < -0.4 is 0 Å². The van der Waals surface area contributed by atoms with Gasteiger partial charge in [-0.15, -0.1) is 0 Å². The first-order chi connectivity index (χ1) is 15.1. The second-order valence-corrected chi connectivity index (χ2v) is 9.44. The summed E-state index contributed by atoms with van der Waals surface area (Å²) in [6, 6.07) is 25.5. The fraction of sp³-hybridized carbons (Fsp3) is 0.400. The molecular weight excluding hydrogens is 379 g/mol. The molecule has 3 aromatic carbocycles. The monoisotopic (exact) mass is 414 g/mol. The maximum atomic E-state index is 14.3.